The first-order valence-corrected chi connectivity index (χ1v) is 8.27. The highest BCUT2D eigenvalue weighted by Gasteiger charge is 2.17. The SMILES string of the molecule is N=C(c1ccc2oc(N)nc2c1)c1c(N)ncnc1NCCCCC(=O)O. The Hall–Kier alpha value is -3.69. The number of carbonyl (C=O) groups is 1. The minimum absolute atomic E-state index is 0.0555. The zero-order valence-corrected chi connectivity index (χ0v) is 14.4. The molecule has 0 unspecified atom stereocenters. The number of carboxylic acid groups (broad SMARTS) is 1. The van der Waals surface area contributed by atoms with E-state index in [0.29, 0.717) is 47.4 Å². The van der Waals surface area contributed by atoms with E-state index >= 15 is 0 Å². The third-order valence-electron chi connectivity index (χ3n) is 3.93. The lowest BCUT2D eigenvalue weighted by atomic mass is 10.0. The highest BCUT2D eigenvalue weighted by molar-refractivity contribution is 6.17. The molecule has 10 heteroatoms. The van der Waals surface area contributed by atoms with Gasteiger partial charge in [-0.3, -0.25) is 10.2 Å². The maximum absolute atomic E-state index is 10.6. The smallest absolute Gasteiger partial charge is 0.303 e. The lowest BCUT2D eigenvalue weighted by Gasteiger charge is -2.13. The number of nitrogens with two attached hydrogens (primary N) is 2. The maximum atomic E-state index is 10.6. The summed E-state index contributed by atoms with van der Waals surface area (Å²) in [5.41, 5.74) is 13.7. The number of fused-ring (bicyclic) bond motifs is 1. The topological polar surface area (TPSA) is 177 Å². The van der Waals surface area contributed by atoms with E-state index in [4.69, 9.17) is 26.4 Å². The number of nitrogens with zero attached hydrogens (tertiary/aromatic N) is 3. The Morgan fingerprint density at radius 2 is 2.07 bits per heavy atom. The quantitative estimate of drug-likeness (QED) is 0.293. The van der Waals surface area contributed by atoms with Crippen LogP contribution in [0.15, 0.2) is 28.9 Å². The highest BCUT2D eigenvalue weighted by atomic mass is 16.4. The van der Waals surface area contributed by atoms with Crippen LogP contribution in [0.4, 0.5) is 17.7 Å². The Labute approximate surface area is 154 Å². The predicted molar refractivity (Wildman–Crippen MR) is 101 cm³/mol. The molecule has 1 aromatic carbocycles. The standard InChI is InChI=1S/C17H19N7O3/c18-14(9-4-5-11-10(7-9)24-17(20)27-11)13-15(19)22-8-23-16(13)21-6-2-1-3-12(25)26/h4-5,7-8,18H,1-3,6H2,(H2,20,24)(H,25,26)(H3,19,21,22,23). The molecule has 27 heavy (non-hydrogen) atoms. The summed E-state index contributed by atoms with van der Waals surface area (Å²) in [6.45, 7) is 0.503. The number of oxazole rings is 1. The van der Waals surface area contributed by atoms with Crippen molar-refractivity contribution in [1.29, 1.82) is 5.41 Å². The second-order valence-electron chi connectivity index (χ2n) is 5.87. The second kappa shape index (κ2) is 7.68. The number of nitrogens with one attached hydrogen (secondary N) is 2. The van der Waals surface area contributed by atoms with Crippen molar-refractivity contribution in [3.63, 3.8) is 0 Å². The van der Waals surface area contributed by atoms with Gasteiger partial charge in [0.05, 0.1) is 11.3 Å². The van der Waals surface area contributed by atoms with Crippen molar-refractivity contribution in [1.82, 2.24) is 15.0 Å². The van der Waals surface area contributed by atoms with E-state index in [1.54, 1.807) is 18.2 Å². The molecule has 0 spiro atoms. The van der Waals surface area contributed by atoms with Crippen LogP contribution < -0.4 is 16.8 Å². The van der Waals surface area contributed by atoms with Gasteiger partial charge in [0.1, 0.15) is 23.5 Å². The van der Waals surface area contributed by atoms with Crippen molar-refractivity contribution < 1.29 is 14.3 Å². The number of anilines is 3. The minimum atomic E-state index is -0.826. The van der Waals surface area contributed by atoms with Crippen LogP contribution in [-0.2, 0) is 4.79 Å². The van der Waals surface area contributed by atoms with Crippen molar-refractivity contribution in [3.05, 3.63) is 35.7 Å². The van der Waals surface area contributed by atoms with E-state index in [2.05, 4.69) is 20.3 Å². The van der Waals surface area contributed by atoms with Gasteiger partial charge in [-0.1, -0.05) is 0 Å². The molecule has 0 saturated carbocycles. The van der Waals surface area contributed by atoms with Gasteiger partial charge < -0.3 is 26.3 Å². The number of benzene rings is 1. The van der Waals surface area contributed by atoms with Crippen LogP contribution in [0.25, 0.3) is 11.1 Å². The summed E-state index contributed by atoms with van der Waals surface area (Å²) in [7, 11) is 0. The Bertz CT molecular complexity index is 999. The molecule has 2 aromatic heterocycles. The van der Waals surface area contributed by atoms with Crippen molar-refractivity contribution >= 4 is 40.4 Å². The summed E-state index contributed by atoms with van der Waals surface area (Å²) >= 11 is 0. The zero-order valence-electron chi connectivity index (χ0n) is 14.4. The van der Waals surface area contributed by atoms with Gasteiger partial charge in [-0.15, -0.1) is 0 Å². The fourth-order valence-corrected chi connectivity index (χ4v) is 2.63. The van der Waals surface area contributed by atoms with Gasteiger partial charge in [0.25, 0.3) is 6.01 Å². The highest BCUT2D eigenvalue weighted by Crippen LogP contribution is 2.24. The summed E-state index contributed by atoms with van der Waals surface area (Å²) in [5.74, 6) is -0.238. The summed E-state index contributed by atoms with van der Waals surface area (Å²) < 4.78 is 5.24. The monoisotopic (exact) mass is 369 g/mol. The number of unbranched alkanes of at least 4 members (excludes halogenated alkanes) is 1. The van der Waals surface area contributed by atoms with Crippen molar-refractivity contribution in [2.75, 3.05) is 23.3 Å². The molecule has 0 aliphatic rings. The number of nitrogen functional groups attached to an aromatic ring is 2. The molecular weight excluding hydrogens is 350 g/mol. The molecule has 0 amide bonds. The second-order valence-corrected chi connectivity index (χ2v) is 5.87. The van der Waals surface area contributed by atoms with Crippen LogP contribution in [0.5, 0.6) is 0 Å². The number of aliphatic carboxylic acids is 1. The van der Waals surface area contributed by atoms with Gasteiger partial charge in [0, 0.05) is 18.5 Å². The summed E-state index contributed by atoms with van der Waals surface area (Å²) in [5, 5.41) is 20.3. The Morgan fingerprint density at radius 3 is 2.85 bits per heavy atom. The summed E-state index contributed by atoms with van der Waals surface area (Å²) in [6.07, 6.45) is 2.61. The Balaban J connectivity index is 1.81. The first kappa shape index (κ1) is 18.1. The van der Waals surface area contributed by atoms with Crippen LogP contribution in [0.3, 0.4) is 0 Å². The molecule has 0 fully saturated rings. The molecule has 0 saturated heterocycles. The maximum Gasteiger partial charge on any atom is 0.303 e. The molecule has 0 bridgehead atoms. The predicted octanol–water partition coefficient (Wildman–Crippen LogP) is 1.87. The third-order valence-corrected chi connectivity index (χ3v) is 3.93. The Morgan fingerprint density at radius 1 is 1.26 bits per heavy atom. The number of rotatable bonds is 8. The summed E-state index contributed by atoms with van der Waals surface area (Å²) in [4.78, 5) is 22.8. The average Bonchev–Trinajstić information content (AvgIpc) is 3.00. The van der Waals surface area contributed by atoms with E-state index in [-0.39, 0.29) is 24.0 Å². The molecule has 0 aliphatic heterocycles. The van der Waals surface area contributed by atoms with Crippen LogP contribution in [0.2, 0.25) is 0 Å². The number of hydrogen-bond acceptors (Lipinski definition) is 9. The molecule has 7 N–H and O–H groups in total. The summed E-state index contributed by atoms with van der Waals surface area (Å²) in [6, 6.07) is 5.13. The normalized spacial score (nSPS) is 10.8. The van der Waals surface area contributed by atoms with Crippen molar-refractivity contribution in [3.8, 4) is 0 Å². The first-order valence-electron chi connectivity index (χ1n) is 8.27. The molecule has 3 aromatic rings. The zero-order chi connectivity index (χ0) is 19.4. The fraction of sp³-hybridized carbons (Fsp3) is 0.235. The number of carboxylic acids is 1. The third kappa shape index (κ3) is 4.11. The minimum Gasteiger partial charge on any atom is -0.481 e. The largest absolute Gasteiger partial charge is 0.481 e. The van der Waals surface area contributed by atoms with E-state index in [1.807, 2.05) is 0 Å². The molecule has 10 nitrogen and oxygen atoms in total. The van der Waals surface area contributed by atoms with E-state index < -0.39 is 5.97 Å². The number of hydrogen-bond donors (Lipinski definition) is 5. The van der Waals surface area contributed by atoms with Gasteiger partial charge in [0.2, 0.25) is 0 Å². The lowest BCUT2D eigenvalue weighted by Crippen LogP contribution is -2.14. The molecule has 3 rings (SSSR count). The number of aromatic nitrogens is 3. The molecule has 2 heterocycles. The average molecular weight is 369 g/mol. The molecule has 0 aliphatic carbocycles. The van der Waals surface area contributed by atoms with Crippen molar-refractivity contribution in [2.45, 2.75) is 19.3 Å². The molecule has 0 atom stereocenters. The van der Waals surface area contributed by atoms with Gasteiger partial charge in [-0.2, -0.15) is 4.98 Å². The van der Waals surface area contributed by atoms with Crippen LogP contribution in [-0.4, -0.2) is 38.3 Å². The van der Waals surface area contributed by atoms with E-state index in [9.17, 15) is 4.79 Å². The molecular formula is C17H19N7O3. The van der Waals surface area contributed by atoms with Crippen molar-refractivity contribution in [2.24, 2.45) is 0 Å². The van der Waals surface area contributed by atoms with Gasteiger partial charge in [-0.05, 0) is 31.0 Å². The van der Waals surface area contributed by atoms with Crippen LogP contribution in [0.1, 0.15) is 30.4 Å². The van der Waals surface area contributed by atoms with E-state index in [0.717, 1.165) is 0 Å². The Kier molecular flexibility index (Phi) is 5.15. The lowest BCUT2D eigenvalue weighted by molar-refractivity contribution is -0.137. The van der Waals surface area contributed by atoms with E-state index in [1.165, 1.54) is 6.33 Å². The van der Waals surface area contributed by atoms with Gasteiger partial charge in [0.15, 0.2) is 5.58 Å². The first-order chi connectivity index (χ1) is 13.0. The van der Waals surface area contributed by atoms with Gasteiger partial charge >= 0.3 is 5.97 Å². The van der Waals surface area contributed by atoms with Gasteiger partial charge in [-0.25, -0.2) is 9.97 Å². The molecule has 140 valence electrons. The molecule has 0 radical (unpaired) electrons. The van der Waals surface area contributed by atoms with Crippen LogP contribution >= 0.6 is 0 Å². The van der Waals surface area contributed by atoms with Crippen LogP contribution in [0, 0.1) is 5.41 Å². The fourth-order valence-electron chi connectivity index (χ4n) is 2.63.